The maximum Gasteiger partial charge on any atom is 0.0724 e. The van der Waals surface area contributed by atoms with E-state index in [9.17, 15) is 0 Å². The zero-order chi connectivity index (χ0) is 7.40. The highest BCUT2D eigenvalue weighted by Crippen LogP contribution is 2.17. The van der Waals surface area contributed by atoms with Gasteiger partial charge in [0.2, 0.25) is 0 Å². The lowest BCUT2D eigenvalue weighted by molar-refractivity contribution is 0.0326. The van der Waals surface area contributed by atoms with Gasteiger partial charge in [-0.05, 0) is 18.9 Å². The van der Waals surface area contributed by atoms with Gasteiger partial charge in [-0.1, -0.05) is 13.3 Å². The summed E-state index contributed by atoms with van der Waals surface area (Å²) in [4.78, 5) is 0. The Kier molecular flexibility index (Phi) is 3.16. The van der Waals surface area contributed by atoms with E-state index in [-0.39, 0.29) is 0 Å². The average Bonchev–Trinajstić information content (AvgIpc) is 2.04. The molecule has 0 saturated carbocycles. The van der Waals surface area contributed by atoms with Crippen LogP contribution >= 0.6 is 0 Å². The van der Waals surface area contributed by atoms with Crippen molar-refractivity contribution in [1.82, 2.24) is 5.32 Å². The summed E-state index contributed by atoms with van der Waals surface area (Å²) in [5.41, 5.74) is 0. The summed E-state index contributed by atoms with van der Waals surface area (Å²) in [6.07, 6.45) is 2.98. The number of ether oxygens (including phenoxy) is 1. The highest BCUT2D eigenvalue weighted by atomic mass is 16.5. The monoisotopic (exact) mass is 143 g/mol. The van der Waals surface area contributed by atoms with E-state index in [0.717, 1.165) is 12.5 Å². The fourth-order valence-corrected chi connectivity index (χ4v) is 1.63. The van der Waals surface area contributed by atoms with Crippen molar-refractivity contribution in [2.75, 3.05) is 20.2 Å². The number of methoxy groups -OCH3 is 1. The van der Waals surface area contributed by atoms with Crippen LogP contribution in [0.15, 0.2) is 0 Å². The second-order valence-corrected chi connectivity index (χ2v) is 2.94. The van der Waals surface area contributed by atoms with Crippen molar-refractivity contribution < 1.29 is 4.74 Å². The van der Waals surface area contributed by atoms with E-state index in [1.807, 2.05) is 0 Å². The standard InChI is InChI=1S/C8H17NO/c1-3-7-4-5-9-6-8(7)10-2/h7-9H,3-6H2,1-2H3. The fraction of sp³-hybridized carbons (Fsp3) is 1.00. The molecule has 1 aliphatic rings. The Bertz CT molecular complexity index is 83.3. The van der Waals surface area contributed by atoms with Gasteiger partial charge in [0.15, 0.2) is 0 Å². The van der Waals surface area contributed by atoms with Gasteiger partial charge in [0.25, 0.3) is 0 Å². The molecule has 60 valence electrons. The zero-order valence-corrected chi connectivity index (χ0v) is 6.89. The minimum Gasteiger partial charge on any atom is -0.380 e. The Labute approximate surface area is 63.0 Å². The molecule has 1 rings (SSSR count). The van der Waals surface area contributed by atoms with Crippen LogP contribution in [-0.4, -0.2) is 26.3 Å². The first-order valence-corrected chi connectivity index (χ1v) is 4.12. The molecule has 0 spiro atoms. The molecule has 1 N–H and O–H groups in total. The number of nitrogens with one attached hydrogen (secondary N) is 1. The molecule has 2 heteroatoms. The molecule has 1 aliphatic heterocycles. The Hall–Kier alpha value is -0.0800. The second kappa shape index (κ2) is 3.94. The van der Waals surface area contributed by atoms with E-state index >= 15 is 0 Å². The summed E-state index contributed by atoms with van der Waals surface area (Å²) in [6, 6.07) is 0. The molecule has 0 bridgehead atoms. The largest absolute Gasteiger partial charge is 0.380 e. The first kappa shape index (κ1) is 8.02. The van der Waals surface area contributed by atoms with Gasteiger partial charge in [-0.25, -0.2) is 0 Å². The van der Waals surface area contributed by atoms with Gasteiger partial charge >= 0.3 is 0 Å². The molecule has 0 aromatic heterocycles. The number of rotatable bonds is 2. The van der Waals surface area contributed by atoms with E-state index < -0.39 is 0 Å². The summed E-state index contributed by atoms with van der Waals surface area (Å²) in [6.45, 7) is 4.44. The van der Waals surface area contributed by atoms with Crippen LogP contribution in [0, 0.1) is 5.92 Å². The Morgan fingerprint density at radius 2 is 2.40 bits per heavy atom. The molecule has 0 aliphatic carbocycles. The molecular formula is C8H17NO. The topological polar surface area (TPSA) is 21.3 Å². The summed E-state index contributed by atoms with van der Waals surface area (Å²) in [5.74, 6) is 0.784. The Morgan fingerprint density at radius 1 is 1.60 bits per heavy atom. The molecule has 0 aromatic rings. The number of hydrogen-bond acceptors (Lipinski definition) is 2. The van der Waals surface area contributed by atoms with Crippen molar-refractivity contribution in [2.45, 2.75) is 25.9 Å². The number of hydrogen-bond donors (Lipinski definition) is 1. The SMILES string of the molecule is CCC1CCNCC1OC. The third kappa shape index (κ3) is 1.70. The van der Waals surface area contributed by atoms with Crippen LogP contribution in [-0.2, 0) is 4.74 Å². The van der Waals surface area contributed by atoms with Gasteiger partial charge in [-0.2, -0.15) is 0 Å². The lowest BCUT2D eigenvalue weighted by Crippen LogP contribution is -2.41. The lowest BCUT2D eigenvalue weighted by atomic mass is 9.93. The minimum atomic E-state index is 0.457. The van der Waals surface area contributed by atoms with Crippen molar-refractivity contribution in [3.8, 4) is 0 Å². The van der Waals surface area contributed by atoms with Crippen LogP contribution in [0.3, 0.4) is 0 Å². The number of piperidine rings is 1. The Morgan fingerprint density at radius 3 is 2.90 bits per heavy atom. The quantitative estimate of drug-likeness (QED) is 0.623. The summed E-state index contributed by atoms with van der Waals surface area (Å²) in [7, 11) is 1.81. The molecular weight excluding hydrogens is 126 g/mol. The smallest absolute Gasteiger partial charge is 0.0724 e. The van der Waals surface area contributed by atoms with Crippen molar-refractivity contribution in [1.29, 1.82) is 0 Å². The van der Waals surface area contributed by atoms with Crippen LogP contribution in [0.5, 0.6) is 0 Å². The first-order valence-electron chi connectivity index (χ1n) is 4.12. The third-order valence-corrected chi connectivity index (χ3v) is 2.39. The van der Waals surface area contributed by atoms with Gasteiger partial charge < -0.3 is 10.1 Å². The van der Waals surface area contributed by atoms with Crippen LogP contribution in [0.4, 0.5) is 0 Å². The Balaban J connectivity index is 2.34. The van der Waals surface area contributed by atoms with E-state index in [1.165, 1.54) is 19.4 Å². The van der Waals surface area contributed by atoms with Crippen molar-refractivity contribution in [3.63, 3.8) is 0 Å². The highest BCUT2D eigenvalue weighted by molar-refractivity contribution is 4.77. The van der Waals surface area contributed by atoms with Gasteiger partial charge in [0.1, 0.15) is 0 Å². The van der Waals surface area contributed by atoms with Crippen molar-refractivity contribution in [2.24, 2.45) is 5.92 Å². The molecule has 0 amide bonds. The molecule has 0 aromatic carbocycles. The lowest BCUT2D eigenvalue weighted by Gasteiger charge is -2.30. The minimum absolute atomic E-state index is 0.457. The molecule has 2 nitrogen and oxygen atoms in total. The van der Waals surface area contributed by atoms with Crippen LogP contribution in [0.25, 0.3) is 0 Å². The maximum absolute atomic E-state index is 5.33. The molecule has 1 heterocycles. The fourth-order valence-electron chi connectivity index (χ4n) is 1.63. The predicted molar refractivity (Wildman–Crippen MR) is 42.1 cm³/mol. The zero-order valence-electron chi connectivity index (χ0n) is 6.89. The average molecular weight is 143 g/mol. The highest BCUT2D eigenvalue weighted by Gasteiger charge is 2.22. The van der Waals surface area contributed by atoms with Crippen molar-refractivity contribution in [3.05, 3.63) is 0 Å². The van der Waals surface area contributed by atoms with Gasteiger partial charge in [-0.3, -0.25) is 0 Å². The molecule has 1 saturated heterocycles. The third-order valence-electron chi connectivity index (χ3n) is 2.39. The summed E-state index contributed by atoms with van der Waals surface area (Å²) >= 11 is 0. The van der Waals surface area contributed by atoms with Gasteiger partial charge in [-0.15, -0.1) is 0 Å². The molecule has 0 radical (unpaired) electrons. The van der Waals surface area contributed by atoms with E-state index in [1.54, 1.807) is 7.11 Å². The predicted octanol–water partition coefficient (Wildman–Crippen LogP) is 1.02. The van der Waals surface area contributed by atoms with E-state index in [4.69, 9.17) is 4.74 Å². The van der Waals surface area contributed by atoms with Gasteiger partial charge in [0.05, 0.1) is 6.10 Å². The second-order valence-electron chi connectivity index (χ2n) is 2.94. The van der Waals surface area contributed by atoms with Crippen LogP contribution < -0.4 is 5.32 Å². The molecule has 1 fully saturated rings. The first-order chi connectivity index (χ1) is 4.88. The van der Waals surface area contributed by atoms with E-state index in [0.29, 0.717) is 6.10 Å². The summed E-state index contributed by atoms with van der Waals surface area (Å²) in [5, 5.41) is 3.33. The van der Waals surface area contributed by atoms with Crippen LogP contribution in [0.2, 0.25) is 0 Å². The summed E-state index contributed by atoms with van der Waals surface area (Å²) < 4.78 is 5.33. The maximum atomic E-state index is 5.33. The van der Waals surface area contributed by atoms with Crippen LogP contribution in [0.1, 0.15) is 19.8 Å². The molecule has 10 heavy (non-hydrogen) atoms. The normalized spacial score (nSPS) is 34.2. The molecule has 2 atom stereocenters. The van der Waals surface area contributed by atoms with E-state index in [2.05, 4.69) is 12.2 Å². The van der Waals surface area contributed by atoms with Crippen molar-refractivity contribution >= 4 is 0 Å². The van der Waals surface area contributed by atoms with Gasteiger partial charge in [0, 0.05) is 13.7 Å². The molecule has 2 unspecified atom stereocenters.